The number of nitrogens with zero attached hydrogens (tertiary/aromatic N) is 1. The van der Waals surface area contributed by atoms with Gasteiger partial charge in [0.05, 0.1) is 0 Å². The zero-order valence-corrected chi connectivity index (χ0v) is 8.46. The van der Waals surface area contributed by atoms with Crippen molar-refractivity contribution in [1.29, 1.82) is 0 Å². The summed E-state index contributed by atoms with van der Waals surface area (Å²) < 4.78 is 0. The highest BCUT2D eigenvalue weighted by atomic mass is 14.9. The lowest BCUT2D eigenvalue weighted by molar-refractivity contribution is 0.334. The predicted molar refractivity (Wildman–Crippen MR) is 54.7 cm³/mol. The third kappa shape index (κ3) is 0.609. The van der Waals surface area contributed by atoms with Crippen LogP contribution in [0.1, 0.15) is 27.2 Å². The molecule has 1 nitrogen and oxygen atoms in total. The molecule has 3 aliphatic rings. The largest absolute Gasteiger partial charge is 0.261 e. The van der Waals surface area contributed by atoms with Crippen LogP contribution in [0.3, 0.4) is 0 Å². The summed E-state index contributed by atoms with van der Waals surface area (Å²) >= 11 is 0. The van der Waals surface area contributed by atoms with Gasteiger partial charge in [-0.1, -0.05) is 26.0 Å². The molecule has 1 saturated carbocycles. The number of hydrogen-bond donors (Lipinski definition) is 0. The van der Waals surface area contributed by atoms with Gasteiger partial charge in [-0.3, -0.25) is 4.99 Å². The molecule has 13 heavy (non-hydrogen) atoms. The lowest BCUT2D eigenvalue weighted by Gasteiger charge is -2.29. The minimum Gasteiger partial charge on any atom is -0.261 e. The number of aliphatic imine (C=N–C) groups is 1. The maximum absolute atomic E-state index is 4.70. The van der Waals surface area contributed by atoms with Crippen molar-refractivity contribution in [2.24, 2.45) is 21.7 Å². The van der Waals surface area contributed by atoms with Crippen LogP contribution in [0.2, 0.25) is 0 Å². The van der Waals surface area contributed by atoms with E-state index in [0.717, 1.165) is 5.92 Å². The third-order valence-electron chi connectivity index (χ3n) is 4.38. The molecule has 1 aliphatic heterocycles. The van der Waals surface area contributed by atoms with Gasteiger partial charge in [0.1, 0.15) is 0 Å². The van der Waals surface area contributed by atoms with E-state index in [-0.39, 0.29) is 5.41 Å². The Labute approximate surface area is 79.3 Å². The van der Waals surface area contributed by atoms with E-state index >= 15 is 0 Å². The van der Waals surface area contributed by atoms with Gasteiger partial charge in [-0.25, -0.2) is 0 Å². The molecule has 0 bridgehead atoms. The maximum Gasteiger partial charge on any atom is 0.0480 e. The van der Waals surface area contributed by atoms with E-state index in [0.29, 0.717) is 5.41 Å². The lowest BCUT2D eigenvalue weighted by Crippen LogP contribution is -2.29. The van der Waals surface area contributed by atoms with Gasteiger partial charge in [0, 0.05) is 22.2 Å². The minimum atomic E-state index is 0.286. The van der Waals surface area contributed by atoms with Crippen molar-refractivity contribution in [3.05, 3.63) is 23.9 Å². The van der Waals surface area contributed by atoms with Crippen LogP contribution in [-0.2, 0) is 0 Å². The molecule has 2 unspecified atom stereocenters. The molecule has 0 N–H and O–H groups in total. The molecular formula is C12H15N. The Balaban J connectivity index is 2.21. The number of hydrogen-bond acceptors (Lipinski definition) is 1. The van der Waals surface area contributed by atoms with Crippen LogP contribution in [0.15, 0.2) is 28.9 Å². The van der Waals surface area contributed by atoms with Crippen LogP contribution in [-0.4, -0.2) is 5.71 Å². The first-order chi connectivity index (χ1) is 6.09. The first-order valence-electron chi connectivity index (χ1n) is 5.04. The van der Waals surface area contributed by atoms with E-state index in [9.17, 15) is 0 Å². The monoisotopic (exact) mass is 173 g/mol. The molecule has 0 amide bonds. The van der Waals surface area contributed by atoms with Crippen molar-refractivity contribution < 1.29 is 0 Å². The van der Waals surface area contributed by atoms with Crippen molar-refractivity contribution in [2.75, 3.05) is 0 Å². The van der Waals surface area contributed by atoms with E-state index < -0.39 is 0 Å². The van der Waals surface area contributed by atoms with E-state index in [2.05, 4.69) is 39.0 Å². The van der Waals surface area contributed by atoms with Gasteiger partial charge >= 0.3 is 0 Å². The number of rotatable bonds is 0. The van der Waals surface area contributed by atoms with Gasteiger partial charge in [-0.15, -0.1) is 0 Å². The molecule has 2 aliphatic carbocycles. The van der Waals surface area contributed by atoms with E-state index in [4.69, 9.17) is 4.99 Å². The predicted octanol–water partition coefficient (Wildman–Crippen LogP) is 2.95. The quantitative estimate of drug-likeness (QED) is 0.534. The van der Waals surface area contributed by atoms with Gasteiger partial charge in [0.25, 0.3) is 0 Å². The molecule has 1 spiro atoms. The van der Waals surface area contributed by atoms with E-state index in [1.54, 1.807) is 0 Å². The molecule has 0 radical (unpaired) electrons. The highest BCUT2D eigenvalue weighted by Gasteiger charge is 2.68. The summed E-state index contributed by atoms with van der Waals surface area (Å²) in [6.07, 6.45) is 8.02. The van der Waals surface area contributed by atoms with Crippen LogP contribution >= 0.6 is 0 Å². The second kappa shape index (κ2) is 1.82. The van der Waals surface area contributed by atoms with Crippen LogP contribution in [0.5, 0.6) is 0 Å². The zero-order valence-electron chi connectivity index (χ0n) is 8.46. The van der Waals surface area contributed by atoms with Crippen LogP contribution in [0.4, 0.5) is 0 Å². The summed E-state index contributed by atoms with van der Waals surface area (Å²) in [4.78, 5) is 4.70. The first kappa shape index (κ1) is 7.54. The van der Waals surface area contributed by atoms with E-state index in [1.165, 1.54) is 17.8 Å². The summed E-state index contributed by atoms with van der Waals surface area (Å²) in [6.45, 7) is 6.85. The Hall–Kier alpha value is -0.850. The van der Waals surface area contributed by atoms with Crippen LogP contribution in [0.25, 0.3) is 0 Å². The summed E-state index contributed by atoms with van der Waals surface area (Å²) in [6, 6.07) is 0. The highest BCUT2D eigenvalue weighted by molar-refractivity contribution is 5.93. The van der Waals surface area contributed by atoms with Gasteiger partial charge < -0.3 is 0 Å². The van der Waals surface area contributed by atoms with Crippen molar-refractivity contribution in [3.63, 3.8) is 0 Å². The Morgan fingerprint density at radius 2 is 2.23 bits per heavy atom. The van der Waals surface area contributed by atoms with Crippen molar-refractivity contribution in [3.8, 4) is 0 Å². The standard InChI is InChI=1S/C12H15N/c1-8-11(2,3)12-7-9(12)5-4-6-10(12)13-8/h4-6,9H,7H2,1-3H3. The normalized spacial score (nSPS) is 43.5. The van der Waals surface area contributed by atoms with Crippen molar-refractivity contribution >= 4 is 5.71 Å². The van der Waals surface area contributed by atoms with Crippen LogP contribution < -0.4 is 0 Å². The van der Waals surface area contributed by atoms with Gasteiger partial charge in [0.15, 0.2) is 0 Å². The minimum absolute atomic E-state index is 0.286. The molecule has 0 aromatic heterocycles. The molecule has 3 rings (SSSR count). The summed E-state index contributed by atoms with van der Waals surface area (Å²) in [5, 5.41) is 0. The fraction of sp³-hybridized carbons (Fsp3) is 0.583. The molecule has 1 heterocycles. The second-order valence-electron chi connectivity index (χ2n) is 5.04. The summed E-state index contributed by atoms with van der Waals surface area (Å²) in [5.41, 5.74) is 3.33. The SMILES string of the molecule is CC1=NC2=CC=CC3CC23C1(C)C. The lowest BCUT2D eigenvalue weighted by atomic mass is 9.71. The number of allylic oxidation sites excluding steroid dienone is 4. The fourth-order valence-corrected chi connectivity index (χ4v) is 3.06. The second-order valence-corrected chi connectivity index (χ2v) is 5.04. The fourth-order valence-electron chi connectivity index (χ4n) is 3.06. The average molecular weight is 173 g/mol. The molecular weight excluding hydrogens is 158 g/mol. The zero-order chi connectivity index (χ0) is 9.27. The molecule has 68 valence electrons. The Bertz CT molecular complexity index is 371. The van der Waals surface area contributed by atoms with Crippen LogP contribution in [0, 0.1) is 16.7 Å². The summed E-state index contributed by atoms with van der Waals surface area (Å²) in [7, 11) is 0. The first-order valence-corrected chi connectivity index (χ1v) is 5.04. The molecule has 1 heteroatoms. The molecule has 0 aromatic rings. The molecule has 1 fully saturated rings. The topological polar surface area (TPSA) is 12.4 Å². The van der Waals surface area contributed by atoms with E-state index in [1.807, 2.05) is 0 Å². The average Bonchev–Trinajstić information content (AvgIpc) is 2.76. The maximum atomic E-state index is 4.70. The van der Waals surface area contributed by atoms with Crippen molar-refractivity contribution in [2.45, 2.75) is 27.2 Å². The Morgan fingerprint density at radius 3 is 2.92 bits per heavy atom. The molecule has 0 aromatic carbocycles. The highest BCUT2D eigenvalue weighted by Crippen LogP contribution is 2.72. The Kier molecular flexibility index (Phi) is 1.05. The van der Waals surface area contributed by atoms with Gasteiger partial charge in [-0.05, 0) is 25.3 Å². The molecule has 2 atom stereocenters. The van der Waals surface area contributed by atoms with Gasteiger partial charge in [0.2, 0.25) is 0 Å². The van der Waals surface area contributed by atoms with Gasteiger partial charge in [-0.2, -0.15) is 0 Å². The third-order valence-corrected chi connectivity index (χ3v) is 4.38. The van der Waals surface area contributed by atoms with Crippen molar-refractivity contribution in [1.82, 2.24) is 0 Å². The molecule has 0 saturated heterocycles. The Morgan fingerprint density at radius 1 is 1.46 bits per heavy atom. The smallest absolute Gasteiger partial charge is 0.0480 e. The summed E-state index contributed by atoms with van der Waals surface area (Å²) in [5.74, 6) is 0.767.